The average Bonchev–Trinajstić information content (AvgIpc) is 3.44. The highest BCUT2D eigenvalue weighted by Crippen LogP contribution is 2.29. The van der Waals surface area contributed by atoms with Crippen LogP contribution in [0.15, 0.2) is 63.9 Å². The summed E-state index contributed by atoms with van der Waals surface area (Å²) in [7, 11) is 0. The third kappa shape index (κ3) is 3.03. The summed E-state index contributed by atoms with van der Waals surface area (Å²) in [6, 6.07) is 15.0. The number of aromatic nitrogens is 2. The van der Waals surface area contributed by atoms with Crippen LogP contribution in [0.3, 0.4) is 0 Å². The van der Waals surface area contributed by atoms with Gasteiger partial charge in [0.05, 0.1) is 5.56 Å². The summed E-state index contributed by atoms with van der Waals surface area (Å²) in [4.78, 5) is 26.6. The number of H-pyrrole nitrogens is 1. The van der Waals surface area contributed by atoms with Crippen LogP contribution in [-0.2, 0) is 6.54 Å². The van der Waals surface area contributed by atoms with Crippen molar-refractivity contribution < 1.29 is 18.4 Å². The normalized spacial score (nSPS) is 13.6. The molecule has 3 aromatic rings. The first-order chi connectivity index (χ1) is 12.6. The lowest BCUT2D eigenvalue weighted by Gasteiger charge is -2.20. The minimum absolute atomic E-state index is 0.000583. The number of nitrogens with zero attached hydrogens (tertiary/aromatic N) is 2. The molecule has 1 aliphatic rings. The number of halogens is 1. The Morgan fingerprint density at radius 3 is 2.54 bits per heavy atom. The van der Waals surface area contributed by atoms with Crippen molar-refractivity contribution in [2.45, 2.75) is 25.4 Å². The van der Waals surface area contributed by atoms with Crippen molar-refractivity contribution in [2.75, 3.05) is 0 Å². The standard InChI is InChI=1S/C19H16FN3O3/c20-16-9-5-4-8-15(16)18(24)22(13-10-11-13)12-17-19(25)26-21-23(17)14-6-2-1-3-7-14/h1-9,13H,10-12H2/p+1. The molecule has 0 bridgehead atoms. The van der Waals surface area contributed by atoms with E-state index < -0.39 is 17.3 Å². The van der Waals surface area contributed by atoms with Crippen LogP contribution in [-0.4, -0.2) is 22.1 Å². The summed E-state index contributed by atoms with van der Waals surface area (Å²) < 4.78 is 20.5. The second kappa shape index (κ2) is 6.59. The summed E-state index contributed by atoms with van der Waals surface area (Å²) >= 11 is 0. The molecule has 132 valence electrons. The fraction of sp³-hybridized carbons (Fsp3) is 0.211. The van der Waals surface area contributed by atoms with Crippen LogP contribution in [0.25, 0.3) is 5.69 Å². The Kier molecular flexibility index (Phi) is 4.12. The van der Waals surface area contributed by atoms with Gasteiger partial charge in [0.25, 0.3) is 5.91 Å². The van der Waals surface area contributed by atoms with Crippen molar-refractivity contribution in [3.63, 3.8) is 0 Å². The molecule has 1 amide bonds. The van der Waals surface area contributed by atoms with Gasteiger partial charge in [0.15, 0.2) is 0 Å². The van der Waals surface area contributed by atoms with Crippen LogP contribution >= 0.6 is 0 Å². The first-order valence-corrected chi connectivity index (χ1v) is 8.38. The van der Waals surface area contributed by atoms with E-state index in [1.807, 2.05) is 30.3 Å². The number of nitrogens with one attached hydrogen (secondary N) is 1. The second-order valence-corrected chi connectivity index (χ2v) is 6.24. The van der Waals surface area contributed by atoms with Crippen molar-refractivity contribution in [3.05, 3.63) is 82.1 Å². The van der Waals surface area contributed by atoms with Crippen LogP contribution in [0, 0.1) is 5.82 Å². The predicted molar refractivity (Wildman–Crippen MR) is 90.2 cm³/mol. The molecule has 7 heteroatoms. The number of para-hydroxylation sites is 1. The van der Waals surface area contributed by atoms with Gasteiger partial charge in [-0.25, -0.2) is 9.18 Å². The minimum atomic E-state index is -0.569. The molecule has 1 heterocycles. The molecule has 2 aromatic carbocycles. The van der Waals surface area contributed by atoms with E-state index in [-0.39, 0.29) is 23.8 Å². The van der Waals surface area contributed by atoms with Crippen molar-refractivity contribution >= 4 is 5.91 Å². The number of carbonyl (C=O) groups is 1. The van der Waals surface area contributed by atoms with Gasteiger partial charge in [-0.15, -0.1) is 0 Å². The SMILES string of the molecule is O=C(c1ccccc1F)N(Cc1c(=O)o[nH][n+]1-c1ccccc1)C1CC1. The third-order valence-corrected chi connectivity index (χ3v) is 4.42. The Labute approximate surface area is 148 Å². The Hall–Kier alpha value is -3.22. The molecule has 0 aliphatic heterocycles. The molecular weight excluding hydrogens is 337 g/mol. The highest BCUT2D eigenvalue weighted by atomic mass is 19.1. The lowest BCUT2D eigenvalue weighted by Crippen LogP contribution is -2.44. The molecule has 1 N–H and O–H groups in total. The maximum atomic E-state index is 14.0. The van der Waals surface area contributed by atoms with Gasteiger partial charge in [-0.1, -0.05) is 30.3 Å². The van der Waals surface area contributed by atoms with Crippen LogP contribution in [0.1, 0.15) is 28.9 Å². The molecule has 0 saturated heterocycles. The van der Waals surface area contributed by atoms with E-state index in [1.165, 1.54) is 27.8 Å². The van der Waals surface area contributed by atoms with Gasteiger partial charge in [0.2, 0.25) is 5.69 Å². The lowest BCUT2D eigenvalue weighted by atomic mass is 10.1. The monoisotopic (exact) mass is 354 g/mol. The lowest BCUT2D eigenvalue weighted by molar-refractivity contribution is -0.678. The number of aromatic amines is 1. The molecule has 1 aromatic heterocycles. The highest BCUT2D eigenvalue weighted by molar-refractivity contribution is 5.94. The number of carbonyl (C=O) groups excluding carboxylic acids is 1. The van der Waals surface area contributed by atoms with E-state index >= 15 is 0 Å². The van der Waals surface area contributed by atoms with Crippen molar-refractivity contribution in [1.29, 1.82) is 0 Å². The summed E-state index contributed by atoms with van der Waals surface area (Å²) in [6.45, 7) is 0.0402. The van der Waals surface area contributed by atoms with Gasteiger partial charge in [-0.2, -0.15) is 0 Å². The van der Waals surface area contributed by atoms with Gasteiger partial charge in [-0.05, 0) is 34.9 Å². The quantitative estimate of drug-likeness (QED) is 0.714. The molecule has 1 aliphatic carbocycles. The summed E-state index contributed by atoms with van der Waals surface area (Å²) in [6.07, 6.45) is 1.67. The van der Waals surface area contributed by atoms with Crippen LogP contribution < -0.4 is 10.3 Å². The summed E-state index contributed by atoms with van der Waals surface area (Å²) in [5.41, 5.74) is 0.446. The highest BCUT2D eigenvalue weighted by Gasteiger charge is 2.38. The fourth-order valence-corrected chi connectivity index (χ4v) is 2.92. The molecule has 6 nitrogen and oxygen atoms in total. The fourth-order valence-electron chi connectivity index (χ4n) is 2.92. The molecule has 4 rings (SSSR count). The maximum absolute atomic E-state index is 14.0. The zero-order valence-corrected chi connectivity index (χ0v) is 13.9. The van der Waals surface area contributed by atoms with Crippen molar-refractivity contribution in [2.24, 2.45) is 0 Å². The summed E-state index contributed by atoms with van der Waals surface area (Å²) in [5, 5.41) is 2.56. The predicted octanol–water partition coefficient (Wildman–Crippen LogP) is 2.19. The van der Waals surface area contributed by atoms with Gasteiger partial charge in [0.1, 0.15) is 12.4 Å². The molecule has 0 unspecified atom stereocenters. The average molecular weight is 354 g/mol. The Bertz CT molecular complexity index is 993. The van der Waals surface area contributed by atoms with E-state index in [1.54, 1.807) is 6.07 Å². The zero-order chi connectivity index (χ0) is 18.1. The summed E-state index contributed by atoms with van der Waals surface area (Å²) in [5.74, 6) is -0.994. The Balaban J connectivity index is 1.69. The molecule has 1 fully saturated rings. The number of rotatable bonds is 5. The number of hydrogen-bond donors (Lipinski definition) is 1. The first-order valence-electron chi connectivity index (χ1n) is 8.38. The van der Waals surface area contributed by atoms with E-state index in [0.29, 0.717) is 5.69 Å². The maximum Gasteiger partial charge on any atom is 0.432 e. The van der Waals surface area contributed by atoms with Crippen LogP contribution in [0.5, 0.6) is 0 Å². The van der Waals surface area contributed by atoms with Gasteiger partial charge in [-0.3, -0.25) is 9.32 Å². The van der Waals surface area contributed by atoms with E-state index in [4.69, 9.17) is 4.52 Å². The van der Waals surface area contributed by atoms with Crippen LogP contribution in [0.2, 0.25) is 0 Å². The molecule has 1 saturated carbocycles. The van der Waals surface area contributed by atoms with Gasteiger partial charge >= 0.3 is 11.3 Å². The largest absolute Gasteiger partial charge is 0.432 e. The zero-order valence-electron chi connectivity index (χ0n) is 13.9. The number of hydrogen-bond acceptors (Lipinski definition) is 3. The third-order valence-electron chi connectivity index (χ3n) is 4.42. The van der Waals surface area contributed by atoms with E-state index in [0.717, 1.165) is 12.8 Å². The molecule has 0 atom stereocenters. The minimum Gasteiger partial charge on any atom is -0.325 e. The molecular formula is C19H17FN3O3+. The molecule has 0 radical (unpaired) electrons. The topological polar surface area (TPSA) is 70.2 Å². The van der Waals surface area contributed by atoms with Crippen molar-refractivity contribution in [1.82, 2.24) is 10.2 Å². The van der Waals surface area contributed by atoms with Crippen molar-refractivity contribution in [3.8, 4) is 5.69 Å². The van der Waals surface area contributed by atoms with Gasteiger partial charge in [0, 0.05) is 18.2 Å². The molecule has 26 heavy (non-hydrogen) atoms. The van der Waals surface area contributed by atoms with Crippen LogP contribution in [0.4, 0.5) is 4.39 Å². The second-order valence-electron chi connectivity index (χ2n) is 6.24. The Morgan fingerprint density at radius 2 is 1.85 bits per heavy atom. The van der Waals surface area contributed by atoms with Gasteiger partial charge < -0.3 is 4.90 Å². The molecule has 0 spiro atoms. The number of benzene rings is 2. The smallest absolute Gasteiger partial charge is 0.325 e. The van der Waals surface area contributed by atoms with E-state index in [2.05, 4.69) is 5.27 Å². The van der Waals surface area contributed by atoms with E-state index in [9.17, 15) is 14.0 Å². The Morgan fingerprint density at radius 1 is 1.15 bits per heavy atom. The first kappa shape index (κ1) is 16.3. The number of amides is 1.